The summed E-state index contributed by atoms with van der Waals surface area (Å²) in [5.74, 6) is -0.0374. The molecule has 0 atom stereocenters. The van der Waals surface area contributed by atoms with Crippen molar-refractivity contribution in [3.63, 3.8) is 0 Å². The zero-order valence-electron chi connectivity index (χ0n) is 11.3. The number of hydrogen-bond acceptors (Lipinski definition) is 4. The van der Waals surface area contributed by atoms with Crippen LogP contribution in [0.1, 0.15) is 30.8 Å². The molecule has 0 aliphatic rings. The first-order chi connectivity index (χ1) is 9.00. The number of pyridine rings is 1. The van der Waals surface area contributed by atoms with Crippen LogP contribution in [-0.2, 0) is 4.79 Å². The Labute approximate surface area is 112 Å². The largest absolute Gasteiger partial charge is 0.397 e. The molecular formula is C13H20N4O2. The predicted molar refractivity (Wildman–Crippen MR) is 73.4 cm³/mol. The molecule has 1 aromatic heterocycles. The van der Waals surface area contributed by atoms with Crippen LogP contribution in [0.2, 0.25) is 0 Å². The van der Waals surface area contributed by atoms with Gasteiger partial charge in [-0.1, -0.05) is 13.8 Å². The van der Waals surface area contributed by atoms with Crippen LogP contribution in [0.3, 0.4) is 0 Å². The first-order valence-electron chi connectivity index (χ1n) is 6.26. The molecule has 0 aliphatic heterocycles. The van der Waals surface area contributed by atoms with Crippen molar-refractivity contribution < 1.29 is 9.59 Å². The Morgan fingerprint density at radius 3 is 2.74 bits per heavy atom. The molecule has 0 saturated heterocycles. The van der Waals surface area contributed by atoms with Gasteiger partial charge in [0.25, 0.3) is 5.91 Å². The third-order valence-corrected chi connectivity index (χ3v) is 2.40. The van der Waals surface area contributed by atoms with E-state index in [4.69, 9.17) is 5.73 Å². The Balaban J connectivity index is 2.32. The van der Waals surface area contributed by atoms with Crippen molar-refractivity contribution in [3.8, 4) is 0 Å². The van der Waals surface area contributed by atoms with Gasteiger partial charge in [0.2, 0.25) is 5.91 Å². The second-order valence-corrected chi connectivity index (χ2v) is 4.65. The van der Waals surface area contributed by atoms with E-state index < -0.39 is 0 Å². The number of carbonyl (C=O) groups is 2. The van der Waals surface area contributed by atoms with Gasteiger partial charge in [-0.15, -0.1) is 0 Å². The summed E-state index contributed by atoms with van der Waals surface area (Å²) in [6.07, 6.45) is 1.74. The van der Waals surface area contributed by atoms with Gasteiger partial charge in [-0.05, 0) is 18.1 Å². The molecule has 0 fully saturated rings. The van der Waals surface area contributed by atoms with E-state index in [9.17, 15) is 9.59 Å². The van der Waals surface area contributed by atoms with Crippen molar-refractivity contribution in [2.45, 2.75) is 20.3 Å². The van der Waals surface area contributed by atoms with E-state index in [2.05, 4.69) is 15.6 Å². The number of rotatable bonds is 6. The third-order valence-electron chi connectivity index (χ3n) is 2.40. The molecule has 2 amide bonds. The van der Waals surface area contributed by atoms with E-state index in [0.29, 0.717) is 18.2 Å². The molecule has 1 aromatic rings. The van der Waals surface area contributed by atoms with Gasteiger partial charge in [-0.2, -0.15) is 0 Å². The number of anilines is 1. The average Bonchev–Trinajstić information content (AvgIpc) is 2.36. The van der Waals surface area contributed by atoms with Gasteiger partial charge < -0.3 is 16.4 Å². The lowest BCUT2D eigenvalue weighted by molar-refractivity contribution is -0.121. The summed E-state index contributed by atoms with van der Waals surface area (Å²) >= 11 is 0. The van der Waals surface area contributed by atoms with Gasteiger partial charge in [0.05, 0.1) is 5.69 Å². The lowest BCUT2D eigenvalue weighted by Crippen LogP contribution is -2.32. The number of nitrogens with zero attached hydrogens (tertiary/aromatic N) is 1. The second-order valence-electron chi connectivity index (χ2n) is 4.65. The highest BCUT2D eigenvalue weighted by molar-refractivity contribution is 5.97. The standard InChI is InChI=1S/C13H20N4O2/c1-9(2)8-17-11(18)5-7-16-13(19)12-10(14)4-3-6-15-12/h3-4,6,9H,5,7-8,14H2,1-2H3,(H,16,19)(H,17,18). The number of nitrogens with one attached hydrogen (secondary N) is 2. The highest BCUT2D eigenvalue weighted by Gasteiger charge is 2.10. The summed E-state index contributed by atoms with van der Waals surface area (Å²) in [5, 5.41) is 5.39. The van der Waals surface area contributed by atoms with Gasteiger partial charge in [0.15, 0.2) is 5.69 Å². The molecule has 0 aliphatic carbocycles. The topological polar surface area (TPSA) is 97.1 Å². The highest BCUT2D eigenvalue weighted by atomic mass is 16.2. The summed E-state index contributed by atoms with van der Waals surface area (Å²) in [6, 6.07) is 3.27. The lowest BCUT2D eigenvalue weighted by Gasteiger charge is -2.08. The van der Waals surface area contributed by atoms with Gasteiger partial charge in [-0.3, -0.25) is 9.59 Å². The minimum absolute atomic E-state index is 0.0806. The maximum atomic E-state index is 11.7. The normalized spacial score (nSPS) is 10.3. The van der Waals surface area contributed by atoms with E-state index in [1.807, 2.05) is 13.8 Å². The van der Waals surface area contributed by atoms with Crippen LogP contribution in [-0.4, -0.2) is 29.9 Å². The van der Waals surface area contributed by atoms with Crippen LogP contribution in [0, 0.1) is 5.92 Å². The fourth-order valence-electron chi connectivity index (χ4n) is 1.39. The maximum Gasteiger partial charge on any atom is 0.272 e. The molecule has 0 saturated carbocycles. The summed E-state index contributed by atoms with van der Waals surface area (Å²) < 4.78 is 0. The molecule has 0 unspecified atom stereocenters. The molecule has 0 bridgehead atoms. The van der Waals surface area contributed by atoms with Crippen molar-refractivity contribution in [1.29, 1.82) is 0 Å². The Morgan fingerprint density at radius 1 is 1.37 bits per heavy atom. The molecule has 1 heterocycles. The molecule has 0 radical (unpaired) electrons. The monoisotopic (exact) mass is 264 g/mol. The van der Waals surface area contributed by atoms with Gasteiger partial charge in [-0.25, -0.2) is 4.98 Å². The van der Waals surface area contributed by atoms with E-state index in [1.165, 1.54) is 6.20 Å². The SMILES string of the molecule is CC(C)CNC(=O)CCNC(=O)c1ncccc1N. The molecule has 6 heteroatoms. The first-order valence-corrected chi connectivity index (χ1v) is 6.26. The number of nitrogen functional groups attached to an aromatic ring is 1. The zero-order chi connectivity index (χ0) is 14.3. The van der Waals surface area contributed by atoms with Crippen LogP contribution in [0.15, 0.2) is 18.3 Å². The average molecular weight is 264 g/mol. The molecule has 4 N–H and O–H groups in total. The number of hydrogen-bond donors (Lipinski definition) is 3. The van der Waals surface area contributed by atoms with Crippen molar-refractivity contribution in [1.82, 2.24) is 15.6 Å². The Kier molecular flexibility index (Phi) is 5.78. The van der Waals surface area contributed by atoms with Gasteiger partial charge in [0, 0.05) is 25.7 Å². The molecule has 0 spiro atoms. The summed E-state index contributed by atoms with van der Waals surface area (Å²) in [7, 11) is 0. The summed E-state index contributed by atoms with van der Waals surface area (Å²) in [6.45, 7) is 4.94. The number of carbonyl (C=O) groups excluding carboxylic acids is 2. The van der Waals surface area contributed by atoms with Crippen LogP contribution < -0.4 is 16.4 Å². The van der Waals surface area contributed by atoms with Crippen molar-refractivity contribution in [3.05, 3.63) is 24.0 Å². The Bertz CT molecular complexity index is 446. The predicted octanol–water partition coefficient (Wildman–Crippen LogP) is 0.556. The van der Waals surface area contributed by atoms with E-state index >= 15 is 0 Å². The van der Waals surface area contributed by atoms with Crippen molar-refractivity contribution >= 4 is 17.5 Å². The molecule has 19 heavy (non-hydrogen) atoms. The molecule has 0 aromatic carbocycles. The molecule has 1 rings (SSSR count). The van der Waals surface area contributed by atoms with Crippen molar-refractivity contribution in [2.75, 3.05) is 18.8 Å². The quantitative estimate of drug-likeness (QED) is 0.699. The number of aromatic nitrogens is 1. The minimum atomic E-state index is -0.366. The molecular weight excluding hydrogens is 244 g/mol. The zero-order valence-corrected chi connectivity index (χ0v) is 11.3. The van der Waals surface area contributed by atoms with E-state index in [1.54, 1.807) is 12.1 Å². The Morgan fingerprint density at radius 2 is 2.11 bits per heavy atom. The molecule has 6 nitrogen and oxygen atoms in total. The number of nitrogens with two attached hydrogens (primary N) is 1. The highest BCUT2D eigenvalue weighted by Crippen LogP contribution is 2.05. The third kappa shape index (κ3) is 5.37. The molecule has 104 valence electrons. The first kappa shape index (κ1) is 14.9. The minimum Gasteiger partial charge on any atom is -0.397 e. The number of amides is 2. The van der Waals surface area contributed by atoms with Crippen molar-refractivity contribution in [2.24, 2.45) is 5.92 Å². The van der Waals surface area contributed by atoms with E-state index in [-0.39, 0.29) is 30.5 Å². The van der Waals surface area contributed by atoms with Crippen LogP contribution >= 0.6 is 0 Å². The van der Waals surface area contributed by atoms with Gasteiger partial charge >= 0.3 is 0 Å². The Hall–Kier alpha value is -2.11. The summed E-state index contributed by atoms with van der Waals surface area (Å²) in [5.41, 5.74) is 6.14. The van der Waals surface area contributed by atoms with Crippen LogP contribution in [0.4, 0.5) is 5.69 Å². The van der Waals surface area contributed by atoms with E-state index in [0.717, 1.165) is 0 Å². The second kappa shape index (κ2) is 7.35. The fourth-order valence-corrected chi connectivity index (χ4v) is 1.39. The maximum absolute atomic E-state index is 11.7. The smallest absolute Gasteiger partial charge is 0.272 e. The fraction of sp³-hybridized carbons (Fsp3) is 0.462. The summed E-state index contributed by atoms with van der Waals surface area (Å²) in [4.78, 5) is 27.1. The van der Waals surface area contributed by atoms with Crippen LogP contribution in [0.5, 0.6) is 0 Å². The lowest BCUT2D eigenvalue weighted by atomic mass is 10.2. The van der Waals surface area contributed by atoms with Crippen LogP contribution in [0.25, 0.3) is 0 Å². The van der Waals surface area contributed by atoms with Gasteiger partial charge in [0.1, 0.15) is 0 Å².